The lowest BCUT2D eigenvalue weighted by molar-refractivity contribution is -0.141. The van der Waals surface area contributed by atoms with Crippen LogP contribution in [-0.4, -0.2) is 47.2 Å². The number of esters is 1. The van der Waals surface area contributed by atoms with Gasteiger partial charge in [0.15, 0.2) is 0 Å². The number of carbonyl (C=O) groups is 2. The molecule has 0 atom stereocenters. The lowest BCUT2D eigenvalue weighted by atomic mass is 10.1. The maximum atomic E-state index is 13.5. The monoisotopic (exact) mass is 513 g/mol. The van der Waals surface area contributed by atoms with E-state index in [0.717, 1.165) is 16.3 Å². The number of halogens is 2. The molecule has 0 unspecified atom stereocenters. The number of hydrogen-bond acceptors (Lipinski definition) is 5. The van der Waals surface area contributed by atoms with Gasteiger partial charge in [0.2, 0.25) is 0 Å². The molecule has 0 radical (unpaired) electrons. The van der Waals surface area contributed by atoms with Crippen molar-refractivity contribution in [1.82, 2.24) is 5.32 Å². The molecular weight excluding hydrogens is 489 g/mol. The molecule has 1 aliphatic heterocycles. The molecule has 3 rings (SSSR count). The van der Waals surface area contributed by atoms with Gasteiger partial charge in [-0.3, -0.25) is 14.0 Å². The van der Waals surface area contributed by atoms with E-state index in [4.69, 9.17) is 27.9 Å². The molecule has 8 nitrogen and oxygen atoms in total. The Kier molecular flexibility index (Phi) is 8.10. The quantitative estimate of drug-likeness (QED) is 0.420. The standard InChI is InChI=1S/C22H25Cl2N3O5S/c1-3-4-9-32-21(28)14-27(33(30,31)19-12-16(23)11-17(24)13-19)18-5-6-20-15(10-18)7-8-26(20)22(29)25-2/h5-6,10-13H,3-4,7-9,14H2,1-2H3,(H,25,29). The number of unbranched alkanes of at least 4 members (excludes halogenated alkanes) is 1. The second-order valence-electron chi connectivity index (χ2n) is 7.46. The van der Waals surface area contributed by atoms with Gasteiger partial charge >= 0.3 is 12.0 Å². The predicted molar refractivity (Wildman–Crippen MR) is 129 cm³/mol. The molecule has 1 heterocycles. The van der Waals surface area contributed by atoms with Crippen LogP contribution in [0.3, 0.4) is 0 Å². The summed E-state index contributed by atoms with van der Waals surface area (Å²) in [5, 5.41) is 2.90. The molecule has 0 aliphatic carbocycles. The van der Waals surface area contributed by atoms with E-state index in [9.17, 15) is 18.0 Å². The van der Waals surface area contributed by atoms with Crippen LogP contribution in [0.25, 0.3) is 0 Å². The first-order chi connectivity index (χ1) is 15.7. The van der Waals surface area contributed by atoms with Crippen LogP contribution >= 0.6 is 23.2 Å². The van der Waals surface area contributed by atoms with Crippen molar-refractivity contribution in [2.45, 2.75) is 31.1 Å². The Hall–Kier alpha value is -2.49. The van der Waals surface area contributed by atoms with E-state index < -0.39 is 22.5 Å². The van der Waals surface area contributed by atoms with Crippen LogP contribution in [-0.2, 0) is 26.0 Å². The highest BCUT2D eigenvalue weighted by molar-refractivity contribution is 7.92. The number of nitrogens with one attached hydrogen (secondary N) is 1. The minimum Gasteiger partial charge on any atom is -0.464 e. The average Bonchev–Trinajstić information content (AvgIpc) is 3.19. The number of anilines is 2. The van der Waals surface area contributed by atoms with Crippen molar-refractivity contribution in [3.05, 3.63) is 52.0 Å². The van der Waals surface area contributed by atoms with Gasteiger partial charge in [0.05, 0.1) is 17.2 Å². The molecule has 178 valence electrons. The van der Waals surface area contributed by atoms with Crippen LogP contribution in [0.2, 0.25) is 10.0 Å². The normalized spacial score (nSPS) is 12.9. The molecule has 0 saturated carbocycles. The zero-order valence-corrected chi connectivity index (χ0v) is 20.6. The molecular formula is C22H25Cl2N3O5S. The molecule has 0 fully saturated rings. The highest BCUT2D eigenvalue weighted by atomic mass is 35.5. The van der Waals surface area contributed by atoms with E-state index in [1.807, 2.05) is 6.92 Å². The molecule has 1 N–H and O–H groups in total. The fourth-order valence-corrected chi connectivity index (χ4v) is 5.63. The highest BCUT2D eigenvalue weighted by Crippen LogP contribution is 2.34. The summed E-state index contributed by atoms with van der Waals surface area (Å²) in [6.07, 6.45) is 2.06. The van der Waals surface area contributed by atoms with Crippen molar-refractivity contribution in [3.63, 3.8) is 0 Å². The first kappa shape index (κ1) is 25.1. The number of benzene rings is 2. The first-order valence-electron chi connectivity index (χ1n) is 10.4. The van der Waals surface area contributed by atoms with Crippen LogP contribution in [0, 0.1) is 0 Å². The Morgan fingerprint density at radius 1 is 1.15 bits per heavy atom. The number of fused-ring (bicyclic) bond motifs is 1. The summed E-state index contributed by atoms with van der Waals surface area (Å²) in [5.74, 6) is -0.673. The molecule has 0 aromatic heterocycles. The van der Waals surface area contributed by atoms with Crippen LogP contribution in [0.15, 0.2) is 41.3 Å². The Morgan fingerprint density at radius 3 is 2.48 bits per heavy atom. The van der Waals surface area contributed by atoms with Crippen molar-refractivity contribution in [3.8, 4) is 0 Å². The smallest absolute Gasteiger partial charge is 0.326 e. The van der Waals surface area contributed by atoms with E-state index in [-0.39, 0.29) is 33.3 Å². The molecule has 0 bridgehead atoms. The topological polar surface area (TPSA) is 96.0 Å². The van der Waals surface area contributed by atoms with Gasteiger partial charge in [0.25, 0.3) is 10.0 Å². The fourth-order valence-electron chi connectivity index (χ4n) is 3.50. The van der Waals surface area contributed by atoms with Gasteiger partial charge in [-0.05, 0) is 54.8 Å². The minimum atomic E-state index is -4.21. The van der Waals surface area contributed by atoms with Gasteiger partial charge in [-0.2, -0.15) is 0 Å². The van der Waals surface area contributed by atoms with Gasteiger partial charge in [-0.15, -0.1) is 0 Å². The number of rotatable bonds is 8. The lowest BCUT2D eigenvalue weighted by Gasteiger charge is -2.25. The molecule has 0 saturated heterocycles. The third-order valence-corrected chi connectivity index (χ3v) is 7.35. The molecule has 33 heavy (non-hydrogen) atoms. The Morgan fingerprint density at radius 2 is 1.85 bits per heavy atom. The van der Waals surface area contributed by atoms with E-state index in [2.05, 4.69) is 5.32 Å². The number of nitrogens with zero attached hydrogens (tertiary/aromatic N) is 2. The molecule has 0 spiro atoms. The lowest BCUT2D eigenvalue weighted by Crippen LogP contribution is -2.37. The maximum Gasteiger partial charge on any atom is 0.326 e. The van der Waals surface area contributed by atoms with Crippen molar-refractivity contribution in [1.29, 1.82) is 0 Å². The maximum absolute atomic E-state index is 13.5. The van der Waals surface area contributed by atoms with Crippen LogP contribution in [0.5, 0.6) is 0 Å². The second-order valence-corrected chi connectivity index (χ2v) is 10.2. The van der Waals surface area contributed by atoms with Crippen molar-refractivity contribution in [2.75, 3.05) is 35.9 Å². The summed E-state index contributed by atoms with van der Waals surface area (Å²) in [7, 11) is -2.66. The Labute approximate surface area is 203 Å². The van der Waals surface area contributed by atoms with Gasteiger partial charge in [0.1, 0.15) is 6.54 Å². The van der Waals surface area contributed by atoms with Crippen LogP contribution in [0.4, 0.5) is 16.2 Å². The summed E-state index contributed by atoms with van der Waals surface area (Å²) >= 11 is 12.1. The number of ether oxygens (including phenoxy) is 1. The van der Waals surface area contributed by atoms with E-state index in [0.29, 0.717) is 25.1 Å². The fraction of sp³-hybridized carbons (Fsp3) is 0.364. The molecule has 1 aliphatic rings. The second kappa shape index (κ2) is 10.6. The summed E-state index contributed by atoms with van der Waals surface area (Å²) < 4.78 is 33.3. The summed E-state index contributed by atoms with van der Waals surface area (Å²) in [4.78, 5) is 26.0. The van der Waals surface area contributed by atoms with Crippen molar-refractivity contribution < 1.29 is 22.7 Å². The molecule has 2 amide bonds. The third kappa shape index (κ3) is 5.72. The number of sulfonamides is 1. The first-order valence-corrected chi connectivity index (χ1v) is 12.6. The number of hydrogen-bond donors (Lipinski definition) is 1. The third-order valence-electron chi connectivity index (χ3n) is 5.16. The van der Waals surface area contributed by atoms with Gasteiger partial charge in [-0.1, -0.05) is 36.5 Å². The summed E-state index contributed by atoms with van der Waals surface area (Å²) in [5.41, 5.74) is 1.75. The SMILES string of the molecule is CCCCOC(=O)CN(c1ccc2c(c1)CCN2C(=O)NC)S(=O)(=O)c1cc(Cl)cc(Cl)c1. The largest absolute Gasteiger partial charge is 0.464 e. The summed E-state index contributed by atoms with van der Waals surface area (Å²) in [6.45, 7) is 2.11. The highest BCUT2D eigenvalue weighted by Gasteiger charge is 2.31. The molecule has 2 aromatic rings. The Balaban J connectivity index is 2.01. The van der Waals surface area contributed by atoms with Crippen LogP contribution in [0.1, 0.15) is 25.3 Å². The average molecular weight is 514 g/mol. The van der Waals surface area contributed by atoms with Crippen LogP contribution < -0.4 is 14.5 Å². The molecule has 2 aromatic carbocycles. The van der Waals surface area contributed by atoms with E-state index >= 15 is 0 Å². The predicted octanol–water partition coefficient (Wildman–Crippen LogP) is 4.23. The minimum absolute atomic E-state index is 0.145. The zero-order chi connectivity index (χ0) is 24.2. The zero-order valence-electron chi connectivity index (χ0n) is 18.3. The van der Waals surface area contributed by atoms with Crippen molar-refractivity contribution >= 4 is 56.6 Å². The Bertz CT molecular complexity index is 1140. The number of urea groups is 1. The molecule has 11 heteroatoms. The number of carbonyl (C=O) groups excluding carboxylic acids is 2. The van der Waals surface area contributed by atoms with Gasteiger partial charge in [-0.25, -0.2) is 13.2 Å². The van der Waals surface area contributed by atoms with Gasteiger partial charge in [0, 0.05) is 29.3 Å². The van der Waals surface area contributed by atoms with Crippen molar-refractivity contribution in [2.24, 2.45) is 0 Å². The van der Waals surface area contributed by atoms with Gasteiger partial charge < -0.3 is 10.1 Å². The summed E-state index contributed by atoms with van der Waals surface area (Å²) in [6, 6.07) is 8.62. The number of amides is 2. The van der Waals surface area contributed by atoms with E-state index in [1.165, 1.54) is 18.2 Å². The van der Waals surface area contributed by atoms with E-state index in [1.54, 1.807) is 30.1 Å².